The van der Waals surface area contributed by atoms with Crippen molar-refractivity contribution >= 4 is 46.4 Å². The van der Waals surface area contributed by atoms with E-state index >= 15 is 0 Å². The molecule has 100 valence electrons. The fraction of sp³-hybridized carbons (Fsp3) is 0.143. The molecule has 0 aliphatic heterocycles. The van der Waals surface area contributed by atoms with Gasteiger partial charge in [-0.1, -0.05) is 70.7 Å². The summed E-state index contributed by atoms with van der Waals surface area (Å²) < 4.78 is 11.4. The van der Waals surface area contributed by atoms with Crippen LogP contribution in [-0.2, 0) is 0 Å². The fourth-order valence-electron chi connectivity index (χ4n) is 1.88. The summed E-state index contributed by atoms with van der Waals surface area (Å²) in [5, 5.41) is 0.603. The van der Waals surface area contributed by atoms with Gasteiger partial charge in [-0.05, 0) is 35.4 Å². The summed E-state index contributed by atoms with van der Waals surface area (Å²) in [6, 6.07) is 12.9. The number of hydrogen-bond acceptors (Lipinski definition) is 0. The highest BCUT2D eigenvalue weighted by Crippen LogP contribution is 2.45. The Kier molecular flexibility index (Phi) is 4.62. The molecule has 2 aromatic carbocycles. The topological polar surface area (TPSA) is 0 Å². The predicted molar refractivity (Wildman–Crippen MR) is 80.0 cm³/mol. The van der Waals surface area contributed by atoms with Crippen LogP contribution in [0.15, 0.2) is 48.5 Å². The minimum absolute atomic E-state index is 0.331. The molecule has 0 fully saturated rings. The summed E-state index contributed by atoms with van der Waals surface area (Å²) in [7, 11) is 0. The van der Waals surface area contributed by atoms with Crippen molar-refractivity contribution in [2.75, 3.05) is 0 Å². The van der Waals surface area contributed by atoms with Crippen LogP contribution < -0.4 is 0 Å². The van der Waals surface area contributed by atoms with Crippen LogP contribution in [-0.4, -0.2) is 3.79 Å². The third-order valence-electron chi connectivity index (χ3n) is 2.73. The first-order chi connectivity index (χ1) is 8.88. The normalized spacial score (nSPS) is 13.3. The smallest absolute Gasteiger partial charge is 0.201 e. The molecule has 0 aromatic heterocycles. The average Bonchev–Trinajstić information content (AvgIpc) is 2.33. The zero-order valence-electron chi connectivity index (χ0n) is 9.59. The van der Waals surface area contributed by atoms with Gasteiger partial charge in [0.2, 0.25) is 3.79 Å². The summed E-state index contributed by atoms with van der Waals surface area (Å²) in [5.74, 6) is -0.821. The molecule has 0 aliphatic rings. The Hall–Kier alpha value is -0.470. The molecule has 0 spiro atoms. The van der Waals surface area contributed by atoms with E-state index in [9.17, 15) is 4.39 Å². The summed E-state index contributed by atoms with van der Waals surface area (Å²) >= 11 is 24.0. The van der Waals surface area contributed by atoms with Crippen molar-refractivity contribution in [3.63, 3.8) is 0 Å². The van der Waals surface area contributed by atoms with Crippen molar-refractivity contribution in [1.82, 2.24) is 0 Å². The maximum absolute atomic E-state index is 13.0. The third-order valence-corrected chi connectivity index (χ3v) is 3.64. The predicted octanol–water partition coefficient (Wildman–Crippen LogP) is 5.98. The van der Waals surface area contributed by atoms with E-state index in [0.717, 1.165) is 11.1 Å². The number of hydrogen-bond donors (Lipinski definition) is 0. The van der Waals surface area contributed by atoms with Gasteiger partial charge in [0.05, 0.1) is 5.92 Å². The van der Waals surface area contributed by atoms with Crippen molar-refractivity contribution in [1.29, 1.82) is 0 Å². The monoisotopic (exact) mass is 336 g/mol. The first kappa shape index (κ1) is 14.9. The van der Waals surface area contributed by atoms with Gasteiger partial charge in [-0.3, -0.25) is 0 Å². The second kappa shape index (κ2) is 5.88. The van der Waals surface area contributed by atoms with Crippen LogP contribution >= 0.6 is 46.4 Å². The van der Waals surface area contributed by atoms with E-state index < -0.39 is 9.71 Å². The first-order valence-corrected chi connectivity index (χ1v) is 6.97. The van der Waals surface area contributed by atoms with Crippen molar-refractivity contribution in [2.45, 2.75) is 9.71 Å². The van der Waals surface area contributed by atoms with E-state index in [2.05, 4.69) is 0 Å². The third kappa shape index (κ3) is 3.76. The molecule has 0 bridgehead atoms. The minimum atomic E-state index is -1.54. The number of alkyl halides is 3. The average molecular weight is 338 g/mol. The molecule has 1 atom stereocenters. The maximum Gasteiger partial charge on any atom is 0.201 e. The summed E-state index contributed by atoms with van der Waals surface area (Å²) in [6.45, 7) is 0. The van der Waals surface area contributed by atoms with Crippen LogP contribution in [0.4, 0.5) is 4.39 Å². The van der Waals surface area contributed by atoms with Gasteiger partial charge < -0.3 is 0 Å². The second-order valence-corrected chi connectivity index (χ2v) is 6.88. The summed E-state index contributed by atoms with van der Waals surface area (Å²) in [4.78, 5) is 0. The van der Waals surface area contributed by atoms with Crippen LogP contribution in [0.3, 0.4) is 0 Å². The zero-order valence-corrected chi connectivity index (χ0v) is 12.6. The van der Waals surface area contributed by atoms with Crippen molar-refractivity contribution < 1.29 is 4.39 Å². The Labute approximate surface area is 131 Å². The molecular formula is C14H9Cl4F. The van der Waals surface area contributed by atoms with Crippen molar-refractivity contribution in [3.8, 4) is 0 Å². The molecular weight excluding hydrogens is 329 g/mol. The van der Waals surface area contributed by atoms with Crippen LogP contribution in [0.25, 0.3) is 0 Å². The molecule has 0 saturated carbocycles. The van der Waals surface area contributed by atoms with Crippen LogP contribution in [0.1, 0.15) is 17.0 Å². The SMILES string of the molecule is Fc1ccc([C@@H](c2ccc(Cl)cc2)C(Cl)(Cl)Cl)cc1. The lowest BCUT2D eigenvalue weighted by atomic mass is 9.92. The molecule has 0 saturated heterocycles. The van der Waals surface area contributed by atoms with Gasteiger partial charge in [-0.2, -0.15) is 0 Å². The van der Waals surface area contributed by atoms with Crippen molar-refractivity contribution in [2.24, 2.45) is 0 Å². The van der Waals surface area contributed by atoms with Gasteiger partial charge in [-0.15, -0.1) is 0 Å². The summed E-state index contributed by atoms with van der Waals surface area (Å²) in [6.07, 6.45) is 0. The molecule has 0 radical (unpaired) electrons. The number of halogens is 5. The molecule has 0 aliphatic carbocycles. The van der Waals surface area contributed by atoms with Crippen LogP contribution in [0, 0.1) is 5.82 Å². The zero-order chi connectivity index (χ0) is 14.0. The summed E-state index contributed by atoms with van der Waals surface area (Å²) in [5.41, 5.74) is 1.53. The highest BCUT2D eigenvalue weighted by Gasteiger charge is 2.35. The van der Waals surface area contributed by atoms with Gasteiger partial charge >= 0.3 is 0 Å². The van der Waals surface area contributed by atoms with Gasteiger partial charge in [0.1, 0.15) is 5.82 Å². The molecule has 0 unspecified atom stereocenters. The lowest BCUT2D eigenvalue weighted by Gasteiger charge is -2.25. The van der Waals surface area contributed by atoms with E-state index in [-0.39, 0.29) is 5.82 Å². The molecule has 2 aromatic rings. The molecule has 0 heterocycles. The molecule has 0 N–H and O–H groups in total. The number of rotatable bonds is 2. The molecule has 2 rings (SSSR count). The highest BCUT2D eigenvalue weighted by molar-refractivity contribution is 6.68. The van der Waals surface area contributed by atoms with E-state index in [0.29, 0.717) is 5.02 Å². The Bertz CT molecular complexity index is 498. The highest BCUT2D eigenvalue weighted by atomic mass is 35.6. The Morgan fingerprint density at radius 3 is 1.63 bits per heavy atom. The lowest BCUT2D eigenvalue weighted by Crippen LogP contribution is -2.18. The molecule has 5 heteroatoms. The van der Waals surface area contributed by atoms with Crippen LogP contribution in [0.5, 0.6) is 0 Å². The van der Waals surface area contributed by atoms with Crippen LogP contribution in [0.2, 0.25) is 5.02 Å². The van der Waals surface area contributed by atoms with Gasteiger partial charge in [-0.25, -0.2) is 4.39 Å². The largest absolute Gasteiger partial charge is 0.207 e. The standard InChI is InChI=1S/C14H9Cl4F/c15-11-5-1-9(2-6-11)13(14(16,17)18)10-3-7-12(19)8-4-10/h1-8,13H/t13-/m1/s1. The van der Waals surface area contributed by atoms with E-state index in [1.54, 1.807) is 36.4 Å². The van der Waals surface area contributed by atoms with Gasteiger partial charge in [0, 0.05) is 5.02 Å². The molecule has 19 heavy (non-hydrogen) atoms. The van der Waals surface area contributed by atoms with Crippen molar-refractivity contribution in [3.05, 3.63) is 70.5 Å². The Balaban J connectivity index is 2.47. The first-order valence-electron chi connectivity index (χ1n) is 5.45. The second-order valence-electron chi connectivity index (χ2n) is 4.08. The van der Waals surface area contributed by atoms with E-state index in [4.69, 9.17) is 46.4 Å². The quantitative estimate of drug-likeness (QED) is 0.591. The fourth-order valence-corrected chi connectivity index (χ4v) is 2.76. The molecule has 0 nitrogen and oxygen atoms in total. The minimum Gasteiger partial charge on any atom is -0.207 e. The lowest BCUT2D eigenvalue weighted by molar-refractivity contribution is 0.626. The van der Waals surface area contributed by atoms with Gasteiger partial charge in [0.15, 0.2) is 0 Å². The Morgan fingerprint density at radius 2 is 1.21 bits per heavy atom. The Morgan fingerprint density at radius 1 is 0.789 bits per heavy atom. The maximum atomic E-state index is 13.0. The molecule has 0 amide bonds. The van der Waals surface area contributed by atoms with E-state index in [1.807, 2.05) is 0 Å². The van der Waals surface area contributed by atoms with E-state index in [1.165, 1.54) is 12.1 Å². The van der Waals surface area contributed by atoms with Gasteiger partial charge in [0.25, 0.3) is 0 Å². The number of benzene rings is 2.